The molecular formula is C21H25N3O3S. The molecule has 2 heterocycles. The number of nitrogens with zero attached hydrogens (tertiary/aromatic N) is 2. The van der Waals surface area contributed by atoms with E-state index in [1.807, 2.05) is 0 Å². The number of aromatic nitrogens is 2. The van der Waals surface area contributed by atoms with Gasteiger partial charge in [-0.1, -0.05) is 63.7 Å². The van der Waals surface area contributed by atoms with E-state index in [9.17, 15) is 4.79 Å². The first-order valence-electron chi connectivity index (χ1n) is 9.33. The highest BCUT2D eigenvalue weighted by atomic mass is 32.2. The Balaban J connectivity index is 1.58. The van der Waals surface area contributed by atoms with E-state index in [0.29, 0.717) is 22.8 Å². The molecule has 0 aliphatic rings. The molecule has 2 aromatic heterocycles. The Labute approximate surface area is 169 Å². The fourth-order valence-electron chi connectivity index (χ4n) is 2.83. The van der Waals surface area contributed by atoms with Gasteiger partial charge in [0.2, 0.25) is 5.91 Å². The molecule has 0 bridgehead atoms. The van der Waals surface area contributed by atoms with Crippen LogP contribution in [0.15, 0.2) is 56.7 Å². The maximum atomic E-state index is 12.5. The van der Waals surface area contributed by atoms with E-state index in [1.54, 1.807) is 18.4 Å². The van der Waals surface area contributed by atoms with Gasteiger partial charge < -0.3 is 14.2 Å². The topological polar surface area (TPSA) is 81.2 Å². The molecule has 0 aliphatic carbocycles. The van der Waals surface area contributed by atoms with Gasteiger partial charge in [0, 0.05) is 0 Å². The highest BCUT2D eigenvalue weighted by Gasteiger charge is 2.19. The lowest BCUT2D eigenvalue weighted by Crippen LogP contribution is -2.33. The summed E-state index contributed by atoms with van der Waals surface area (Å²) in [5.41, 5.74) is 2.40. The summed E-state index contributed by atoms with van der Waals surface area (Å²) in [6, 6.07) is 11.9. The minimum Gasteiger partial charge on any atom is -0.459 e. The number of furan rings is 1. The number of hydrogen-bond donors (Lipinski definition) is 1. The van der Waals surface area contributed by atoms with Gasteiger partial charge in [-0.25, -0.2) is 0 Å². The predicted octanol–water partition coefficient (Wildman–Crippen LogP) is 5.06. The fraction of sp³-hybridized carbons (Fsp3) is 0.381. The second-order valence-electron chi connectivity index (χ2n) is 7.25. The monoisotopic (exact) mass is 399 g/mol. The minimum atomic E-state index is -0.0746. The first kappa shape index (κ1) is 20.2. The van der Waals surface area contributed by atoms with Gasteiger partial charge in [-0.05, 0) is 35.1 Å². The van der Waals surface area contributed by atoms with Crippen LogP contribution in [0.1, 0.15) is 50.8 Å². The van der Waals surface area contributed by atoms with E-state index in [2.05, 4.69) is 67.5 Å². The van der Waals surface area contributed by atoms with Crippen molar-refractivity contribution in [1.29, 1.82) is 0 Å². The maximum Gasteiger partial charge on any atom is 0.284 e. The molecule has 0 saturated heterocycles. The third-order valence-electron chi connectivity index (χ3n) is 4.41. The van der Waals surface area contributed by atoms with Crippen LogP contribution in [0.2, 0.25) is 0 Å². The van der Waals surface area contributed by atoms with Crippen LogP contribution in [0.3, 0.4) is 0 Å². The fourth-order valence-corrected chi connectivity index (χ4v) is 3.41. The molecule has 7 heteroatoms. The lowest BCUT2D eigenvalue weighted by atomic mass is 9.93. The second kappa shape index (κ2) is 9.10. The van der Waals surface area contributed by atoms with Crippen LogP contribution >= 0.6 is 11.8 Å². The molecule has 3 aromatic rings. The number of rotatable bonds is 8. The normalized spacial score (nSPS) is 12.5. The SMILES string of the molecule is CC(C)c1ccc([C@H](NC(=O)CSc2nnc(-c3ccco3)o2)C(C)C)cc1. The Kier molecular flexibility index (Phi) is 6.57. The predicted molar refractivity (Wildman–Crippen MR) is 109 cm³/mol. The van der Waals surface area contributed by atoms with Gasteiger partial charge in [0.1, 0.15) is 0 Å². The molecule has 1 amide bonds. The van der Waals surface area contributed by atoms with E-state index >= 15 is 0 Å². The van der Waals surface area contributed by atoms with Gasteiger partial charge >= 0.3 is 0 Å². The third-order valence-corrected chi connectivity index (χ3v) is 5.23. The highest BCUT2D eigenvalue weighted by Crippen LogP contribution is 2.26. The van der Waals surface area contributed by atoms with Crippen LogP contribution in [0, 0.1) is 5.92 Å². The van der Waals surface area contributed by atoms with Crippen molar-refractivity contribution in [2.75, 3.05) is 5.75 Å². The minimum absolute atomic E-state index is 0.0457. The van der Waals surface area contributed by atoms with Crippen molar-refractivity contribution in [3.63, 3.8) is 0 Å². The first-order chi connectivity index (χ1) is 13.4. The number of nitrogens with one attached hydrogen (secondary N) is 1. The summed E-state index contributed by atoms with van der Waals surface area (Å²) in [7, 11) is 0. The number of amides is 1. The third kappa shape index (κ3) is 5.04. The van der Waals surface area contributed by atoms with Gasteiger partial charge in [-0.3, -0.25) is 4.79 Å². The van der Waals surface area contributed by atoms with Gasteiger partial charge in [0.25, 0.3) is 11.1 Å². The Morgan fingerprint density at radius 2 is 1.79 bits per heavy atom. The summed E-state index contributed by atoms with van der Waals surface area (Å²) in [6.45, 7) is 8.54. The molecule has 148 valence electrons. The summed E-state index contributed by atoms with van der Waals surface area (Å²) in [5, 5.41) is 11.3. The quantitative estimate of drug-likeness (QED) is 0.533. The zero-order valence-electron chi connectivity index (χ0n) is 16.5. The smallest absolute Gasteiger partial charge is 0.284 e. The maximum absolute atomic E-state index is 12.5. The molecule has 0 aliphatic heterocycles. The van der Waals surface area contributed by atoms with Crippen molar-refractivity contribution in [2.24, 2.45) is 5.92 Å². The summed E-state index contributed by atoms with van der Waals surface area (Å²) < 4.78 is 10.7. The number of thioether (sulfide) groups is 1. The van der Waals surface area contributed by atoms with E-state index in [4.69, 9.17) is 8.83 Å². The van der Waals surface area contributed by atoms with Crippen LogP contribution in [-0.4, -0.2) is 21.9 Å². The first-order valence-corrected chi connectivity index (χ1v) is 10.3. The number of carbonyl (C=O) groups excluding carboxylic acids is 1. The van der Waals surface area contributed by atoms with Crippen molar-refractivity contribution in [1.82, 2.24) is 15.5 Å². The van der Waals surface area contributed by atoms with Crippen LogP contribution in [0.5, 0.6) is 0 Å². The Morgan fingerprint density at radius 3 is 2.39 bits per heavy atom. The summed E-state index contributed by atoms with van der Waals surface area (Å²) in [4.78, 5) is 12.5. The average Bonchev–Trinajstić information content (AvgIpc) is 3.35. The Bertz CT molecular complexity index is 886. The Hall–Kier alpha value is -2.54. The molecule has 0 fully saturated rings. The van der Waals surface area contributed by atoms with Gasteiger partial charge in [0.05, 0.1) is 18.1 Å². The molecule has 0 unspecified atom stereocenters. The molecule has 3 rings (SSSR count). The molecule has 6 nitrogen and oxygen atoms in total. The second-order valence-corrected chi connectivity index (χ2v) is 8.18. The molecule has 1 aromatic carbocycles. The van der Waals surface area contributed by atoms with E-state index in [0.717, 1.165) is 5.56 Å². The lowest BCUT2D eigenvalue weighted by Gasteiger charge is -2.23. The van der Waals surface area contributed by atoms with Crippen LogP contribution in [0.4, 0.5) is 0 Å². The summed E-state index contributed by atoms with van der Waals surface area (Å²) in [5.74, 6) is 1.69. The number of hydrogen-bond acceptors (Lipinski definition) is 6. The number of benzene rings is 1. The molecule has 0 radical (unpaired) electrons. The molecule has 1 N–H and O–H groups in total. The van der Waals surface area contributed by atoms with Crippen LogP contribution < -0.4 is 5.32 Å². The van der Waals surface area contributed by atoms with Crippen molar-refractivity contribution in [3.8, 4) is 11.7 Å². The zero-order valence-corrected chi connectivity index (χ0v) is 17.3. The standard InChI is InChI=1S/C21H25N3O3S/c1-13(2)15-7-9-16(10-8-15)19(14(3)4)22-18(25)12-28-21-24-23-20(27-21)17-6-5-11-26-17/h5-11,13-14,19H,12H2,1-4H3,(H,22,25)/t19-/m1/s1. The molecule has 0 saturated carbocycles. The molecule has 0 spiro atoms. The van der Waals surface area contributed by atoms with Gasteiger partial charge in [-0.2, -0.15) is 0 Å². The van der Waals surface area contributed by atoms with Crippen molar-refractivity contribution in [3.05, 3.63) is 53.8 Å². The molecule has 1 atom stereocenters. The number of carbonyl (C=O) groups is 1. The van der Waals surface area contributed by atoms with Crippen molar-refractivity contribution in [2.45, 2.75) is 44.9 Å². The van der Waals surface area contributed by atoms with Crippen molar-refractivity contribution >= 4 is 17.7 Å². The van der Waals surface area contributed by atoms with Gasteiger partial charge in [-0.15, -0.1) is 10.2 Å². The van der Waals surface area contributed by atoms with E-state index in [1.165, 1.54) is 17.3 Å². The molecule has 28 heavy (non-hydrogen) atoms. The largest absolute Gasteiger partial charge is 0.459 e. The van der Waals surface area contributed by atoms with E-state index in [-0.39, 0.29) is 23.6 Å². The van der Waals surface area contributed by atoms with Crippen molar-refractivity contribution < 1.29 is 13.6 Å². The lowest BCUT2D eigenvalue weighted by molar-refractivity contribution is -0.119. The summed E-state index contributed by atoms with van der Waals surface area (Å²) >= 11 is 1.21. The summed E-state index contributed by atoms with van der Waals surface area (Å²) in [6.07, 6.45) is 1.54. The average molecular weight is 400 g/mol. The highest BCUT2D eigenvalue weighted by molar-refractivity contribution is 7.99. The van der Waals surface area contributed by atoms with Crippen LogP contribution in [0.25, 0.3) is 11.7 Å². The Morgan fingerprint density at radius 1 is 1.07 bits per heavy atom. The van der Waals surface area contributed by atoms with Crippen LogP contribution in [-0.2, 0) is 4.79 Å². The van der Waals surface area contributed by atoms with E-state index < -0.39 is 0 Å². The molecular weight excluding hydrogens is 374 g/mol. The zero-order chi connectivity index (χ0) is 20.1. The van der Waals surface area contributed by atoms with Gasteiger partial charge in [0.15, 0.2) is 5.76 Å².